The van der Waals surface area contributed by atoms with Gasteiger partial charge in [-0.25, -0.2) is 15.0 Å². The van der Waals surface area contributed by atoms with Gasteiger partial charge in [-0.05, 0) is 62.1 Å². The Hall–Kier alpha value is -4.01. The number of aromatic nitrogens is 3. The van der Waals surface area contributed by atoms with Crippen LogP contribution in [0, 0.1) is 0 Å². The third-order valence-corrected chi connectivity index (χ3v) is 6.14. The molecule has 2 aliphatic heterocycles. The molecule has 0 spiro atoms. The molecular formula is C25H27N7O2. The molecule has 2 N–H and O–H groups in total. The minimum Gasteiger partial charge on any atom is -0.370 e. The molecule has 174 valence electrons. The maximum atomic E-state index is 12.7. The molecule has 3 aromatic rings. The molecule has 3 aromatic heterocycles. The van der Waals surface area contributed by atoms with Gasteiger partial charge in [-0.15, -0.1) is 0 Å². The van der Waals surface area contributed by atoms with Crippen LogP contribution in [0.15, 0.2) is 54.9 Å². The highest BCUT2D eigenvalue weighted by atomic mass is 16.2. The van der Waals surface area contributed by atoms with E-state index in [1.165, 1.54) is 25.7 Å². The second-order valence-corrected chi connectivity index (χ2v) is 8.51. The Balaban J connectivity index is 1.21. The largest absolute Gasteiger partial charge is 0.370 e. The highest BCUT2D eigenvalue weighted by Gasteiger charge is 2.16. The number of nitrogens with zero attached hydrogens (tertiary/aromatic N) is 5. The SMILES string of the molecule is O=C(Nc1ccc(N2CCCC2)cn1)c1cccc(C(=O)Nc2ccc(N3CCCC3)cn2)n1. The van der Waals surface area contributed by atoms with Crippen molar-refractivity contribution in [2.75, 3.05) is 46.6 Å². The first-order valence-electron chi connectivity index (χ1n) is 11.7. The molecule has 0 unspecified atom stereocenters. The minimum atomic E-state index is -0.427. The lowest BCUT2D eigenvalue weighted by atomic mass is 10.2. The topological polar surface area (TPSA) is 103 Å². The van der Waals surface area contributed by atoms with E-state index in [0.29, 0.717) is 11.6 Å². The highest BCUT2D eigenvalue weighted by molar-refractivity contribution is 6.05. The van der Waals surface area contributed by atoms with E-state index in [1.807, 2.05) is 12.1 Å². The fraction of sp³-hybridized carbons (Fsp3) is 0.320. The number of pyridine rings is 3. The van der Waals surface area contributed by atoms with Crippen LogP contribution in [-0.4, -0.2) is 52.9 Å². The number of rotatable bonds is 6. The third-order valence-electron chi connectivity index (χ3n) is 6.14. The molecule has 0 aliphatic carbocycles. The Kier molecular flexibility index (Phi) is 6.33. The maximum Gasteiger partial charge on any atom is 0.275 e. The Morgan fingerprint density at radius 1 is 0.647 bits per heavy atom. The molecule has 34 heavy (non-hydrogen) atoms. The number of carbonyl (C=O) groups excluding carboxylic acids is 2. The van der Waals surface area contributed by atoms with Gasteiger partial charge in [0.15, 0.2) is 0 Å². The molecule has 9 heteroatoms. The molecule has 0 bridgehead atoms. The van der Waals surface area contributed by atoms with Crippen LogP contribution in [0.3, 0.4) is 0 Å². The van der Waals surface area contributed by atoms with E-state index in [0.717, 1.165) is 37.6 Å². The predicted molar refractivity (Wildman–Crippen MR) is 132 cm³/mol. The van der Waals surface area contributed by atoms with Gasteiger partial charge in [-0.2, -0.15) is 0 Å². The second-order valence-electron chi connectivity index (χ2n) is 8.51. The highest BCUT2D eigenvalue weighted by Crippen LogP contribution is 2.21. The third kappa shape index (κ3) is 4.98. The van der Waals surface area contributed by atoms with E-state index in [1.54, 1.807) is 42.7 Å². The summed E-state index contributed by atoms with van der Waals surface area (Å²) >= 11 is 0. The molecule has 0 saturated carbocycles. The quantitative estimate of drug-likeness (QED) is 0.583. The van der Waals surface area contributed by atoms with Gasteiger partial charge >= 0.3 is 0 Å². The van der Waals surface area contributed by atoms with Crippen LogP contribution in [0.2, 0.25) is 0 Å². The van der Waals surface area contributed by atoms with Crippen molar-refractivity contribution in [2.45, 2.75) is 25.7 Å². The van der Waals surface area contributed by atoms with Crippen LogP contribution >= 0.6 is 0 Å². The Morgan fingerprint density at radius 3 is 1.47 bits per heavy atom. The molecule has 9 nitrogen and oxygen atoms in total. The first kappa shape index (κ1) is 21.8. The summed E-state index contributed by atoms with van der Waals surface area (Å²) in [5.74, 6) is 0.0205. The van der Waals surface area contributed by atoms with Gasteiger partial charge in [-0.1, -0.05) is 6.07 Å². The van der Waals surface area contributed by atoms with Crippen molar-refractivity contribution in [1.82, 2.24) is 15.0 Å². The minimum absolute atomic E-state index is 0.135. The van der Waals surface area contributed by atoms with Crippen molar-refractivity contribution in [1.29, 1.82) is 0 Å². The van der Waals surface area contributed by atoms with Gasteiger partial charge < -0.3 is 20.4 Å². The normalized spacial score (nSPS) is 15.4. The van der Waals surface area contributed by atoms with Crippen molar-refractivity contribution < 1.29 is 9.59 Å². The Labute approximate surface area is 198 Å². The van der Waals surface area contributed by atoms with Crippen molar-refractivity contribution in [3.63, 3.8) is 0 Å². The van der Waals surface area contributed by atoms with E-state index in [9.17, 15) is 9.59 Å². The lowest BCUT2D eigenvalue weighted by Crippen LogP contribution is -2.20. The summed E-state index contributed by atoms with van der Waals surface area (Å²) in [4.78, 5) is 42.8. The summed E-state index contributed by atoms with van der Waals surface area (Å²) in [5, 5.41) is 5.49. The summed E-state index contributed by atoms with van der Waals surface area (Å²) in [6.45, 7) is 4.13. The second kappa shape index (κ2) is 9.86. The fourth-order valence-corrected chi connectivity index (χ4v) is 4.29. The number of anilines is 4. The maximum absolute atomic E-state index is 12.7. The molecule has 2 amide bonds. The summed E-state index contributed by atoms with van der Waals surface area (Å²) in [6.07, 6.45) is 8.28. The Morgan fingerprint density at radius 2 is 1.09 bits per heavy atom. The van der Waals surface area contributed by atoms with Crippen LogP contribution in [0.4, 0.5) is 23.0 Å². The Bertz CT molecular complexity index is 1060. The van der Waals surface area contributed by atoms with Gasteiger partial charge in [0, 0.05) is 26.2 Å². The smallest absolute Gasteiger partial charge is 0.275 e. The average molecular weight is 458 g/mol. The van der Waals surface area contributed by atoms with E-state index < -0.39 is 11.8 Å². The van der Waals surface area contributed by atoms with Crippen molar-refractivity contribution in [3.8, 4) is 0 Å². The zero-order chi connectivity index (χ0) is 23.3. The zero-order valence-corrected chi connectivity index (χ0v) is 18.9. The number of amides is 2. The van der Waals surface area contributed by atoms with Crippen LogP contribution in [0.25, 0.3) is 0 Å². The predicted octanol–water partition coefficient (Wildman–Crippen LogP) is 3.58. The number of nitrogens with one attached hydrogen (secondary N) is 2. The summed E-state index contributed by atoms with van der Waals surface area (Å²) < 4.78 is 0. The average Bonchev–Trinajstić information content (AvgIpc) is 3.60. The van der Waals surface area contributed by atoms with Crippen LogP contribution in [0.1, 0.15) is 46.7 Å². The van der Waals surface area contributed by atoms with E-state index in [-0.39, 0.29) is 11.4 Å². The number of hydrogen-bond donors (Lipinski definition) is 2. The van der Waals surface area contributed by atoms with Crippen molar-refractivity contribution in [3.05, 3.63) is 66.2 Å². The summed E-state index contributed by atoms with van der Waals surface area (Å²) in [5.41, 5.74) is 2.37. The molecule has 2 fully saturated rings. The lowest BCUT2D eigenvalue weighted by molar-refractivity contribution is 0.101. The zero-order valence-electron chi connectivity index (χ0n) is 18.9. The monoisotopic (exact) mass is 457 g/mol. The van der Waals surface area contributed by atoms with Crippen molar-refractivity contribution >= 4 is 34.8 Å². The number of hydrogen-bond acceptors (Lipinski definition) is 7. The summed E-state index contributed by atoms with van der Waals surface area (Å²) in [7, 11) is 0. The van der Waals surface area contributed by atoms with Gasteiger partial charge in [-0.3, -0.25) is 9.59 Å². The van der Waals surface area contributed by atoms with E-state index in [4.69, 9.17) is 0 Å². The molecule has 5 heterocycles. The standard InChI is InChI=1S/C25H27N7O2/c33-24(29-22-10-8-18(16-26-22)31-12-1-2-13-31)20-6-5-7-21(28-20)25(34)30-23-11-9-19(17-27-23)32-14-3-4-15-32/h5-11,16-17H,1-4,12-15H2,(H,26,29,33)(H,27,30,34). The molecule has 2 aliphatic rings. The van der Waals surface area contributed by atoms with Crippen molar-refractivity contribution in [2.24, 2.45) is 0 Å². The van der Waals surface area contributed by atoms with Crippen LogP contribution in [-0.2, 0) is 0 Å². The number of carbonyl (C=O) groups is 2. The molecular weight excluding hydrogens is 430 g/mol. The lowest BCUT2D eigenvalue weighted by Gasteiger charge is -2.17. The molecule has 0 aromatic carbocycles. The molecule has 5 rings (SSSR count). The van der Waals surface area contributed by atoms with Crippen LogP contribution < -0.4 is 20.4 Å². The van der Waals surface area contributed by atoms with Gasteiger partial charge in [0.1, 0.15) is 23.0 Å². The van der Waals surface area contributed by atoms with E-state index in [2.05, 4.69) is 35.4 Å². The van der Waals surface area contributed by atoms with Crippen LogP contribution in [0.5, 0.6) is 0 Å². The first-order valence-corrected chi connectivity index (χ1v) is 11.7. The first-order chi connectivity index (χ1) is 16.7. The summed E-state index contributed by atoms with van der Waals surface area (Å²) in [6, 6.07) is 12.2. The fourth-order valence-electron chi connectivity index (χ4n) is 4.29. The molecule has 0 atom stereocenters. The van der Waals surface area contributed by atoms with Gasteiger partial charge in [0.05, 0.1) is 23.8 Å². The van der Waals surface area contributed by atoms with E-state index >= 15 is 0 Å². The molecule has 2 saturated heterocycles. The van der Waals surface area contributed by atoms with Gasteiger partial charge in [0.25, 0.3) is 11.8 Å². The molecule has 0 radical (unpaired) electrons. The van der Waals surface area contributed by atoms with Gasteiger partial charge in [0.2, 0.25) is 0 Å².